The van der Waals surface area contributed by atoms with E-state index in [1.807, 2.05) is 0 Å². The van der Waals surface area contributed by atoms with Crippen molar-refractivity contribution in [1.29, 1.82) is 0 Å². The first-order chi connectivity index (χ1) is 5.45. The van der Waals surface area contributed by atoms with E-state index in [1.165, 1.54) is 18.7 Å². The third-order valence-electron chi connectivity index (χ3n) is 2.31. The van der Waals surface area contributed by atoms with Crippen LogP contribution in [0.25, 0.3) is 0 Å². The van der Waals surface area contributed by atoms with Gasteiger partial charge in [0.1, 0.15) is 0 Å². The Morgan fingerprint density at radius 2 is 2.55 bits per heavy atom. The Labute approximate surface area is 67.3 Å². The third kappa shape index (κ3) is 1.71. The molecule has 0 amide bonds. The topological polar surface area (TPSA) is 36.4 Å². The van der Waals surface area contributed by atoms with Crippen molar-refractivity contribution in [3.63, 3.8) is 0 Å². The Bertz CT molecular complexity index is 159. The summed E-state index contributed by atoms with van der Waals surface area (Å²) in [5.41, 5.74) is 0. The third-order valence-corrected chi connectivity index (χ3v) is 2.31. The van der Waals surface area contributed by atoms with Crippen LogP contribution in [0.2, 0.25) is 0 Å². The molecule has 0 radical (unpaired) electrons. The van der Waals surface area contributed by atoms with Crippen LogP contribution in [0.4, 0.5) is 0 Å². The number of nitrogens with one attached hydrogen (secondary N) is 2. The van der Waals surface area contributed by atoms with Gasteiger partial charge in [-0.05, 0) is 19.4 Å². The van der Waals surface area contributed by atoms with Gasteiger partial charge in [0.25, 0.3) is 0 Å². The van der Waals surface area contributed by atoms with E-state index in [1.54, 1.807) is 0 Å². The molecule has 3 heteroatoms. The van der Waals surface area contributed by atoms with Gasteiger partial charge in [0.05, 0.1) is 5.84 Å². The number of nitrogens with zero attached hydrogens (tertiary/aromatic N) is 1. The molecule has 1 fully saturated rings. The Balaban J connectivity index is 1.79. The summed E-state index contributed by atoms with van der Waals surface area (Å²) < 4.78 is 0. The second-order valence-electron chi connectivity index (χ2n) is 3.27. The molecule has 2 rings (SSSR count). The molecule has 0 saturated carbocycles. The van der Waals surface area contributed by atoms with Crippen molar-refractivity contribution >= 4 is 5.84 Å². The van der Waals surface area contributed by atoms with Crippen molar-refractivity contribution in [2.45, 2.75) is 25.3 Å². The average molecular weight is 153 g/mol. The summed E-state index contributed by atoms with van der Waals surface area (Å²) >= 11 is 0. The van der Waals surface area contributed by atoms with E-state index in [9.17, 15) is 0 Å². The Morgan fingerprint density at radius 3 is 3.18 bits per heavy atom. The van der Waals surface area contributed by atoms with E-state index in [4.69, 9.17) is 0 Å². The molecule has 62 valence electrons. The molecule has 2 N–H and O–H groups in total. The van der Waals surface area contributed by atoms with Gasteiger partial charge >= 0.3 is 0 Å². The highest BCUT2D eigenvalue weighted by Gasteiger charge is 2.16. The number of amidine groups is 1. The summed E-state index contributed by atoms with van der Waals surface area (Å²) in [5, 5.41) is 6.79. The summed E-state index contributed by atoms with van der Waals surface area (Å²) in [6, 6.07) is 0.645. The lowest BCUT2D eigenvalue weighted by molar-refractivity contribution is 0.658. The van der Waals surface area contributed by atoms with Crippen molar-refractivity contribution in [3.05, 3.63) is 0 Å². The molecule has 0 aromatic rings. The van der Waals surface area contributed by atoms with Gasteiger partial charge in [-0.25, -0.2) is 0 Å². The van der Waals surface area contributed by atoms with Crippen LogP contribution in [-0.2, 0) is 0 Å². The van der Waals surface area contributed by atoms with E-state index in [0.717, 1.165) is 26.1 Å². The van der Waals surface area contributed by atoms with Crippen molar-refractivity contribution in [1.82, 2.24) is 10.6 Å². The summed E-state index contributed by atoms with van der Waals surface area (Å²) in [6.07, 6.45) is 3.65. The SMILES string of the molecule is C1CN=C(NC2CCNC2)C1. The van der Waals surface area contributed by atoms with Crippen LogP contribution in [0.3, 0.4) is 0 Å². The molecule has 0 spiro atoms. The molecule has 1 atom stereocenters. The molecule has 1 unspecified atom stereocenters. The molecule has 2 heterocycles. The number of aliphatic imine (C=N–C) groups is 1. The Kier molecular flexibility index (Phi) is 2.08. The molecule has 3 nitrogen and oxygen atoms in total. The standard InChI is InChI=1S/C8H15N3/c1-2-8(10-4-1)11-7-3-5-9-6-7/h7,9H,1-6H2,(H,10,11). The molecule has 2 aliphatic rings. The first kappa shape index (κ1) is 7.10. The van der Waals surface area contributed by atoms with Crippen LogP contribution in [0.1, 0.15) is 19.3 Å². The van der Waals surface area contributed by atoms with Gasteiger partial charge in [-0.3, -0.25) is 4.99 Å². The van der Waals surface area contributed by atoms with Crippen LogP contribution < -0.4 is 10.6 Å². The quantitative estimate of drug-likeness (QED) is 0.562. The van der Waals surface area contributed by atoms with Crippen molar-refractivity contribution in [2.75, 3.05) is 19.6 Å². The first-order valence-electron chi connectivity index (χ1n) is 4.46. The van der Waals surface area contributed by atoms with Gasteiger partial charge in [-0.15, -0.1) is 0 Å². The zero-order valence-electron chi connectivity index (χ0n) is 6.77. The molecule has 11 heavy (non-hydrogen) atoms. The van der Waals surface area contributed by atoms with Crippen LogP contribution in [0.5, 0.6) is 0 Å². The van der Waals surface area contributed by atoms with Crippen LogP contribution in [0, 0.1) is 0 Å². The lowest BCUT2D eigenvalue weighted by Crippen LogP contribution is -2.35. The van der Waals surface area contributed by atoms with Crippen molar-refractivity contribution < 1.29 is 0 Å². The average Bonchev–Trinajstić information content (AvgIpc) is 2.60. The zero-order chi connectivity index (χ0) is 7.52. The Hall–Kier alpha value is -0.570. The highest BCUT2D eigenvalue weighted by atomic mass is 15.1. The number of hydrogen-bond acceptors (Lipinski definition) is 3. The zero-order valence-corrected chi connectivity index (χ0v) is 6.77. The fourth-order valence-electron chi connectivity index (χ4n) is 1.67. The van der Waals surface area contributed by atoms with Crippen LogP contribution in [0.15, 0.2) is 4.99 Å². The fraction of sp³-hybridized carbons (Fsp3) is 0.875. The first-order valence-corrected chi connectivity index (χ1v) is 4.46. The molecular formula is C8H15N3. The molecule has 2 aliphatic heterocycles. The van der Waals surface area contributed by atoms with Crippen LogP contribution >= 0.6 is 0 Å². The van der Waals surface area contributed by atoms with E-state index in [-0.39, 0.29) is 0 Å². The van der Waals surface area contributed by atoms with Crippen molar-refractivity contribution in [2.24, 2.45) is 4.99 Å². The van der Waals surface area contributed by atoms with Crippen molar-refractivity contribution in [3.8, 4) is 0 Å². The molecular weight excluding hydrogens is 138 g/mol. The van der Waals surface area contributed by atoms with Gasteiger partial charge in [-0.2, -0.15) is 0 Å². The fourth-order valence-corrected chi connectivity index (χ4v) is 1.67. The molecule has 0 aliphatic carbocycles. The minimum absolute atomic E-state index is 0.645. The molecule has 0 aromatic carbocycles. The highest BCUT2D eigenvalue weighted by Crippen LogP contribution is 2.04. The predicted octanol–water partition coefficient (Wildman–Crippen LogP) is 0.130. The maximum Gasteiger partial charge on any atom is 0.0966 e. The second-order valence-corrected chi connectivity index (χ2v) is 3.27. The normalized spacial score (nSPS) is 30.5. The van der Waals surface area contributed by atoms with Gasteiger partial charge in [0.2, 0.25) is 0 Å². The van der Waals surface area contributed by atoms with Gasteiger partial charge in [0, 0.05) is 25.6 Å². The van der Waals surface area contributed by atoms with E-state index >= 15 is 0 Å². The highest BCUT2D eigenvalue weighted by molar-refractivity contribution is 5.83. The van der Waals surface area contributed by atoms with Crippen LogP contribution in [-0.4, -0.2) is 31.5 Å². The summed E-state index contributed by atoms with van der Waals surface area (Å²) in [4.78, 5) is 4.38. The maximum absolute atomic E-state index is 4.38. The minimum Gasteiger partial charge on any atom is -0.370 e. The smallest absolute Gasteiger partial charge is 0.0966 e. The Morgan fingerprint density at radius 1 is 1.55 bits per heavy atom. The summed E-state index contributed by atoms with van der Waals surface area (Å²) in [7, 11) is 0. The van der Waals surface area contributed by atoms with Gasteiger partial charge in [-0.1, -0.05) is 0 Å². The summed E-state index contributed by atoms with van der Waals surface area (Å²) in [6.45, 7) is 3.30. The van der Waals surface area contributed by atoms with E-state index in [2.05, 4.69) is 15.6 Å². The molecule has 0 aromatic heterocycles. The lowest BCUT2D eigenvalue weighted by atomic mass is 10.2. The lowest BCUT2D eigenvalue weighted by Gasteiger charge is -2.11. The minimum atomic E-state index is 0.645. The monoisotopic (exact) mass is 153 g/mol. The molecule has 1 saturated heterocycles. The maximum atomic E-state index is 4.38. The molecule has 0 bridgehead atoms. The predicted molar refractivity (Wildman–Crippen MR) is 45.9 cm³/mol. The van der Waals surface area contributed by atoms with E-state index < -0.39 is 0 Å². The van der Waals surface area contributed by atoms with Gasteiger partial charge < -0.3 is 10.6 Å². The number of rotatable bonds is 1. The number of hydrogen-bond donors (Lipinski definition) is 2. The van der Waals surface area contributed by atoms with Gasteiger partial charge in [0.15, 0.2) is 0 Å². The van der Waals surface area contributed by atoms with E-state index in [0.29, 0.717) is 6.04 Å². The summed E-state index contributed by atoms with van der Waals surface area (Å²) in [5.74, 6) is 1.23. The second kappa shape index (κ2) is 3.22. The largest absolute Gasteiger partial charge is 0.370 e.